The van der Waals surface area contributed by atoms with Crippen LogP contribution in [0, 0.1) is 16.7 Å². The Morgan fingerprint density at radius 1 is 1.10 bits per heavy atom. The molecule has 5 heteroatoms. The third-order valence-electron chi connectivity index (χ3n) is 5.05. The maximum Gasteiger partial charge on any atom is 0.408 e. The van der Waals surface area contributed by atoms with Crippen molar-refractivity contribution < 1.29 is 19.1 Å². The molecule has 0 aromatic carbocycles. The molecule has 0 heterocycles. The van der Waals surface area contributed by atoms with Gasteiger partial charge in [-0.15, -0.1) is 0 Å². The van der Waals surface area contributed by atoms with Gasteiger partial charge in [0.2, 0.25) is 0 Å². The summed E-state index contributed by atoms with van der Waals surface area (Å²) in [5.41, 5.74) is -0.348. The van der Waals surface area contributed by atoms with Crippen LogP contribution in [0.1, 0.15) is 53.9 Å². The highest BCUT2D eigenvalue weighted by atomic mass is 16.6. The lowest BCUT2D eigenvalue weighted by molar-refractivity contribution is -0.246. The van der Waals surface area contributed by atoms with Gasteiger partial charge in [-0.25, -0.2) is 9.59 Å². The second-order valence-electron chi connectivity index (χ2n) is 8.01. The second-order valence-corrected chi connectivity index (χ2v) is 8.01. The van der Waals surface area contributed by atoms with Crippen LogP contribution in [0.25, 0.3) is 0 Å². The van der Waals surface area contributed by atoms with Gasteiger partial charge in [0.15, 0.2) is 0 Å². The van der Waals surface area contributed by atoms with Crippen LogP contribution in [-0.2, 0) is 14.3 Å². The SMILES string of the molecule is COC(=O)[C@H](NC(=O)OC(C)(C)C)C12CC(C(C)C)(C1)C2. The molecule has 3 aliphatic carbocycles. The van der Waals surface area contributed by atoms with E-state index in [9.17, 15) is 9.59 Å². The maximum absolute atomic E-state index is 12.1. The summed E-state index contributed by atoms with van der Waals surface area (Å²) in [6.45, 7) is 9.84. The molecule has 0 spiro atoms. The van der Waals surface area contributed by atoms with Crippen LogP contribution >= 0.6 is 0 Å². The first kappa shape index (κ1) is 16.1. The molecule has 21 heavy (non-hydrogen) atoms. The van der Waals surface area contributed by atoms with Gasteiger partial charge in [0, 0.05) is 5.41 Å². The van der Waals surface area contributed by atoms with E-state index in [4.69, 9.17) is 9.47 Å². The monoisotopic (exact) mass is 297 g/mol. The van der Waals surface area contributed by atoms with Gasteiger partial charge in [0.25, 0.3) is 0 Å². The van der Waals surface area contributed by atoms with E-state index in [1.807, 2.05) is 0 Å². The Morgan fingerprint density at radius 2 is 1.62 bits per heavy atom. The van der Waals surface area contributed by atoms with Crippen LogP contribution in [0.4, 0.5) is 4.79 Å². The molecule has 1 N–H and O–H groups in total. The van der Waals surface area contributed by atoms with Crippen LogP contribution in [0.5, 0.6) is 0 Å². The fourth-order valence-corrected chi connectivity index (χ4v) is 3.87. The normalized spacial score (nSPS) is 31.8. The zero-order valence-electron chi connectivity index (χ0n) is 13.9. The zero-order chi connectivity index (χ0) is 16.1. The summed E-state index contributed by atoms with van der Waals surface area (Å²) in [6.07, 6.45) is 2.38. The fourth-order valence-electron chi connectivity index (χ4n) is 3.87. The summed E-state index contributed by atoms with van der Waals surface area (Å²) in [5, 5.41) is 2.73. The molecule has 3 rings (SSSR count). The summed E-state index contributed by atoms with van der Waals surface area (Å²) in [7, 11) is 1.36. The number of alkyl carbamates (subject to hydrolysis) is 1. The minimum absolute atomic E-state index is 0.131. The number of nitrogens with one attached hydrogen (secondary N) is 1. The standard InChI is InChI=1S/C16H27NO4/c1-10(2)15-7-16(8-15,9-15)11(12(18)20-6)17-13(19)21-14(3,4)5/h10-11H,7-9H2,1-6H3,(H,17,19)/t11-,15?,16?/m0/s1. The van der Waals surface area contributed by atoms with E-state index in [1.54, 1.807) is 20.8 Å². The fraction of sp³-hybridized carbons (Fsp3) is 0.875. The van der Waals surface area contributed by atoms with Gasteiger partial charge < -0.3 is 14.8 Å². The molecule has 0 saturated heterocycles. The van der Waals surface area contributed by atoms with Crippen LogP contribution in [0.2, 0.25) is 0 Å². The molecule has 120 valence electrons. The van der Waals surface area contributed by atoms with Crippen LogP contribution in [0.3, 0.4) is 0 Å². The first-order valence-corrected chi connectivity index (χ1v) is 7.61. The van der Waals surface area contributed by atoms with Crippen molar-refractivity contribution in [2.75, 3.05) is 7.11 Å². The molecular weight excluding hydrogens is 270 g/mol. The summed E-state index contributed by atoms with van der Waals surface area (Å²) in [5.74, 6) is 0.233. The highest BCUT2D eigenvalue weighted by Gasteiger charge is 2.72. The van der Waals surface area contributed by atoms with Gasteiger partial charge in [-0.3, -0.25) is 0 Å². The second kappa shape index (κ2) is 4.89. The smallest absolute Gasteiger partial charge is 0.408 e. The minimum atomic E-state index is -0.599. The van der Waals surface area contributed by atoms with Gasteiger partial charge in [-0.1, -0.05) is 13.8 Å². The van der Waals surface area contributed by atoms with Gasteiger partial charge in [-0.2, -0.15) is 0 Å². The van der Waals surface area contributed by atoms with Crippen molar-refractivity contribution in [2.45, 2.75) is 65.5 Å². The van der Waals surface area contributed by atoms with E-state index in [0.717, 1.165) is 19.3 Å². The quantitative estimate of drug-likeness (QED) is 0.810. The molecule has 1 atom stereocenters. The van der Waals surface area contributed by atoms with Crippen molar-refractivity contribution in [1.29, 1.82) is 0 Å². The molecule has 3 fully saturated rings. The van der Waals surface area contributed by atoms with Gasteiger partial charge in [0.05, 0.1) is 7.11 Å². The van der Waals surface area contributed by atoms with Crippen molar-refractivity contribution >= 4 is 12.1 Å². The molecule has 0 unspecified atom stereocenters. The largest absolute Gasteiger partial charge is 0.467 e. The van der Waals surface area contributed by atoms with Gasteiger partial charge in [0.1, 0.15) is 11.6 Å². The lowest BCUT2D eigenvalue weighted by Gasteiger charge is -2.74. The maximum atomic E-state index is 12.1. The summed E-state index contributed by atoms with van der Waals surface area (Å²) in [6, 6.07) is -0.599. The molecule has 2 bridgehead atoms. The minimum Gasteiger partial charge on any atom is -0.467 e. The number of hydrogen-bond donors (Lipinski definition) is 1. The number of rotatable bonds is 4. The third-order valence-corrected chi connectivity index (χ3v) is 5.05. The molecule has 0 aromatic heterocycles. The highest BCUT2D eigenvalue weighted by Crippen LogP contribution is 2.77. The summed E-state index contributed by atoms with van der Waals surface area (Å²) in [4.78, 5) is 24.0. The average molecular weight is 297 g/mol. The Morgan fingerprint density at radius 3 is 2.00 bits per heavy atom. The molecule has 0 aromatic rings. The predicted octanol–water partition coefficient (Wildman–Crippen LogP) is 2.88. The zero-order valence-corrected chi connectivity index (χ0v) is 13.9. The molecule has 1 amide bonds. The molecule has 3 aliphatic rings. The Bertz CT molecular complexity index is 430. The Hall–Kier alpha value is -1.26. The number of methoxy groups -OCH3 is 1. The van der Waals surface area contributed by atoms with Gasteiger partial charge >= 0.3 is 12.1 Å². The van der Waals surface area contributed by atoms with Crippen LogP contribution in [0.15, 0.2) is 0 Å². The lowest BCUT2D eigenvalue weighted by atomic mass is 9.30. The van der Waals surface area contributed by atoms with Crippen molar-refractivity contribution in [2.24, 2.45) is 16.7 Å². The Balaban J connectivity index is 2.02. The number of ether oxygens (including phenoxy) is 2. The van der Waals surface area contributed by atoms with Crippen molar-refractivity contribution in [1.82, 2.24) is 5.32 Å². The van der Waals surface area contributed by atoms with E-state index < -0.39 is 17.7 Å². The van der Waals surface area contributed by atoms with E-state index in [1.165, 1.54) is 7.11 Å². The van der Waals surface area contributed by atoms with Gasteiger partial charge in [-0.05, 0) is 51.4 Å². The Labute approximate surface area is 126 Å². The molecule has 5 nitrogen and oxygen atoms in total. The number of carbonyl (C=O) groups excluding carboxylic acids is 2. The topological polar surface area (TPSA) is 64.6 Å². The lowest BCUT2D eigenvalue weighted by Crippen LogP contribution is -2.73. The molecular formula is C16H27NO4. The van der Waals surface area contributed by atoms with Crippen molar-refractivity contribution in [3.63, 3.8) is 0 Å². The summed E-state index contributed by atoms with van der Waals surface area (Å²) < 4.78 is 10.1. The van der Waals surface area contributed by atoms with Crippen LogP contribution < -0.4 is 5.32 Å². The molecule has 0 radical (unpaired) electrons. The molecule has 0 aliphatic heterocycles. The average Bonchev–Trinajstić information content (AvgIpc) is 2.19. The third kappa shape index (κ3) is 2.74. The van der Waals surface area contributed by atoms with E-state index in [-0.39, 0.29) is 11.4 Å². The first-order valence-electron chi connectivity index (χ1n) is 7.61. The number of esters is 1. The predicted molar refractivity (Wildman–Crippen MR) is 78.7 cm³/mol. The van der Waals surface area contributed by atoms with Crippen molar-refractivity contribution in [3.05, 3.63) is 0 Å². The van der Waals surface area contributed by atoms with Crippen LogP contribution in [-0.4, -0.2) is 30.8 Å². The number of hydrogen-bond acceptors (Lipinski definition) is 4. The Kier molecular flexibility index (Phi) is 3.75. The van der Waals surface area contributed by atoms with Crippen molar-refractivity contribution in [3.8, 4) is 0 Å². The van der Waals surface area contributed by atoms with E-state index in [2.05, 4.69) is 19.2 Å². The number of carbonyl (C=O) groups is 2. The summed E-state index contributed by atoms with van der Waals surface area (Å²) >= 11 is 0. The van der Waals surface area contributed by atoms with E-state index >= 15 is 0 Å². The first-order chi connectivity index (χ1) is 9.54. The highest BCUT2D eigenvalue weighted by molar-refractivity contribution is 5.83. The number of amides is 1. The van der Waals surface area contributed by atoms with E-state index in [0.29, 0.717) is 11.3 Å². The molecule has 3 saturated carbocycles.